The van der Waals surface area contributed by atoms with Gasteiger partial charge in [-0.2, -0.15) is 0 Å². The molecule has 2 fully saturated rings. The number of carbonyl (C=O) groups is 1. The monoisotopic (exact) mass is 483 g/mol. The largest absolute Gasteiger partial charge is 0.378 e. The number of hydrogen-bond donors (Lipinski definition) is 1. The summed E-state index contributed by atoms with van der Waals surface area (Å²) in [6, 6.07) is 16.7. The molecule has 2 aliphatic heterocycles. The first-order valence-corrected chi connectivity index (χ1v) is 13.2. The number of aryl methyl sites for hydroxylation is 1. The molecule has 1 atom stereocenters. The maximum Gasteiger partial charge on any atom is 0.233 e. The zero-order valence-corrected chi connectivity index (χ0v) is 20.7. The Morgan fingerprint density at radius 3 is 2.67 bits per heavy atom. The molecule has 1 amide bonds. The Labute approximate surface area is 212 Å². The first-order chi connectivity index (χ1) is 17.7. The Balaban J connectivity index is 1.24. The molecule has 3 aromatic rings. The van der Waals surface area contributed by atoms with Gasteiger partial charge in [0.15, 0.2) is 0 Å². The number of rotatable bonds is 5. The predicted octanol–water partition coefficient (Wildman–Crippen LogP) is 4.64. The summed E-state index contributed by atoms with van der Waals surface area (Å²) < 4.78 is 5.51. The molecule has 1 N–H and O–H groups in total. The summed E-state index contributed by atoms with van der Waals surface area (Å²) in [6.45, 7) is 5.37. The second kappa shape index (κ2) is 10.3. The van der Waals surface area contributed by atoms with Gasteiger partial charge in [0.1, 0.15) is 5.82 Å². The SMILES string of the molecule is O=C(Nc1ccnc(N2CCCC2)c1)C1CCCc2ccc(-c3cccc(N4CCOCC4)c3)nc21. The van der Waals surface area contributed by atoms with Gasteiger partial charge in [0.05, 0.1) is 30.5 Å². The molecule has 6 rings (SSSR count). The van der Waals surface area contributed by atoms with Crippen molar-refractivity contribution in [3.8, 4) is 11.3 Å². The van der Waals surface area contributed by atoms with Gasteiger partial charge in [0.25, 0.3) is 0 Å². The van der Waals surface area contributed by atoms with Crippen molar-refractivity contribution in [2.45, 2.75) is 38.0 Å². The maximum atomic E-state index is 13.5. The highest BCUT2D eigenvalue weighted by molar-refractivity contribution is 5.96. The summed E-state index contributed by atoms with van der Waals surface area (Å²) in [5, 5.41) is 3.16. The lowest BCUT2D eigenvalue weighted by Gasteiger charge is -2.29. The zero-order chi connectivity index (χ0) is 24.3. The van der Waals surface area contributed by atoms with E-state index in [1.807, 2.05) is 12.1 Å². The fourth-order valence-corrected chi connectivity index (χ4v) is 5.59. The van der Waals surface area contributed by atoms with Crippen LogP contribution in [0, 0.1) is 0 Å². The molecule has 4 heterocycles. The molecule has 1 unspecified atom stereocenters. The summed E-state index contributed by atoms with van der Waals surface area (Å²) in [4.78, 5) is 27.7. The Bertz CT molecular complexity index is 1230. The van der Waals surface area contributed by atoms with Crippen molar-refractivity contribution in [1.29, 1.82) is 0 Å². The fourth-order valence-electron chi connectivity index (χ4n) is 5.59. The van der Waals surface area contributed by atoms with Crippen LogP contribution in [-0.2, 0) is 16.0 Å². The summed E-state index contributed by atoms with van der Waals surface area (Å²) >= 11 is 0. The topological polar surface area (TPSA) is 70.6 Å². The fraction of sp³-hybridized carbons (Fsp3) is 0.414. The summed E-state index contributed by atoms with van der Waals surface area (Å²) in [6.07, 6.45) is 6.95. The molecular weight excluding hydrogens is 450 g/mol. The van der Waals surface area contributed by atoms with E-state index in [4.69, 9.17) is 9.72 Å². The van der Waals surface area contributed by atoms with Crippen LogP contribution in [0.15, 0.2) is 54.7 Å². The van der Waals surface area contributed by atoms with E-state index in [1.165, 1.54) is 24.1 Å². The molecule has 0 saturated carbocycles. The van der Waals surface area contributed by atoms with Crippen LogP contribution in [0.4, 0.5) is 17.2 Å². The molecule has 186 valence electrons. The van der Waals surface area contributed by atoms with Crippen LogP contribution in [0.2, 0.25) is 0 Å². The highest BCUT2D eigenvalue weighted by Gasteiger charge is 2.29. The van der Waals surface area contributed by atoms with E-state index in [0.29, 0.717) is 0 Å². The number of anilines is 3. The molecule has 0 bridgehead atoms. The van der Waals surface area contributed by atoms with E-state index in [2.05, 4.69) is 56.5 Å². The molecule has 3 aliphatic rings. The smallest absolute Gasteiger partial charge is 0.233 e. The van der Waals surface area contributed by atoms with Crippen molar-refractivity contribution >= 4 is 23.1 Å². The highest BCUT2D eigenvalue weighted by atomic mass is 16.5. The number of carbonyl (C=O) groups excluding carboxylic acids is 1. The predicted molar refractivity (Wildman–Crippen MR) is 143 cm³/mol. The van der Waals surface area contributed by atoms with Crippen molar-refractivity contribution in [3.63, 3.8) is 0 Å². The molecule has 7 nitrogen and oxygen atoms in total. The average molecular weight is 484 g/mol. The van der Waals surface area contributed by atoms with Crippen LogP contribution in [0.3, 0.4) is 0 Å². The lowest BCUT2D eigenvalue weighted by molar-refractivity contribution is -0.118. The first kappa shape index (κ1) is 23.0. The van der Waals surface area contributed by atoms with E-state index in [-0.39, 0.29) is 11.8 Å². The molecule has 0 spiro atoms. The number of hydrogen-bond acceptors (Lipinski definition) is 6. The quantitative estimate of drug-likeness (QED) is 0.570. The number of ether oxygens (including phenoxy) is 1. The molecule has 2 saturated heterocycles. The molecule has 1 aromatic carbocycles. The van der Waals surface area contributed by atoms with Crippen LogP contribution in [0.1, 0.15) is 42.9 Å². The van der Waals surface area contributed by atoms with Gasteiger partial charge in [-0.3, -0.25) is 9.78 Å². The highest BCUT2D eigenvalue weighted by Crippen LogP contribution is 2.34. The lowest BCUT2D eigenvalue weighted by Crippen LogP contribution is -2.36. The minimum Gasteiger partial charge on any atom is -0.378 e. The van der Waals surface area contributed by atoms with Crippen LogP contribution < -0.4 is 15.1 Å². The van der Waals surface area contributed by atoms with Gasteiger partial charge < -0.3 is 19.9 Å². The van der Waals surface area contributed by atoms with Crippen molar-refractivity contribution in [1.82, 2.24) is 9.97 Å². The van der Waals surface area contributed by atoms with Gasteiger partial charge in [0.2, 0.25) is 5.91 Å². The van der Waals surface area contributed by atoms with E-state index in [9.17, 15) is 4.79 Å². The number of amides is 1. The minimum atomic E-state index is -0.250. The number of morpholine rings is 1. The maximum absolute atomic E-state index is 13.5. The lowest BCUT2D eigenvalue weighted by atomic mass is 9.85. The average Bonchev–Trinajstić information content (AvgIpc) is 3.48. The minimum absolute atomic E-state index is 0.0150. The van der Waals surface area contributed by atoms with Crippen molar-refractivity contribution in [3.05, 3.63) is 66.0 Å². The molecular formula is C29H33N5O2. The van der Waals surface area contributed by atoms with Crippen LogP contribution in [0.5, 0.6) is 0 Å². The third-order valence-corrected chi connectivity index (χ3v) is 7.56. The molecule has 2 aromatic heterocycles. The van der Waals surface area contributed by atoms with Gasteiger partial charge in [-0.15, -0.1) is 0 Å². The first-order valence-electron chi connectivity index (χ1n) is 13.2. The number of fused-ring (bicyclic) bond motifs is 1. The number of nitrogens with zero attached hydrogens (tertiary/aromatic N) is 4. The third kappa shape index (κ3) is 4.80. The molecule has 7 heteroatoms. The van der Waals surface area contributed by atoms with Gasteiger partial charge in [-0.05, 0) is 61.9 Å². The summed E-state index contributed by atoms with van der Waals surface area (Å²) in [5.74, 6) is 0.704. The Morgan fingerprint density at radius 1 is 0.944 bits per heavy atom. The van der Waals surface area contributed by atoms with E-state index < -0.39 is 0 Å². The van der Waals surface area contributed by atoms with E-state index >= 15 is 0 Å². The van der Waals surface area contributed by atoms with Crippen molar-refractivity contribution in [2.24, 2.45) is 0 Å². The van der Waals surface area contributed by atoms with Crippen molar-refractivity contribution < 1.29 is 9.53 Å². The molecule has 0 radical (unpaired) electrons. The van der Waals surface area contributed by atoms with Crippen LogP contribution >= 0.6 is 0 Å². The summed E-state index contributed by atoms with van der Waals surface area (Å²) in [7, 11) is 0. The van der Waals surface area contributed by atoms with Gasteiger partial charge in [-0.1, -0.05) is 18.2 Å². The zero-order valence-electron chi connectivity index (χ0n) is 20.7. The van der Waals surface area contributed by atoms with Crippen LogP contribution in [-0.4, -0.2) is 55.3 Å². The Kier molecular flexibility index (Phi) is 6.55. The van der Waals surface area contributed by atoms with Gasteiger partial charge in [-0.25, -0.2) is 4.98 Å². The number of nitrogens with one attached hydrogen (secondary N) is 1. The second-order valence-electron chi connectivity index (χ2n) is 9.92. The van der Waals surface area contributed by atoms with Gasteiger partial charge >= 0.3 is 0 Å². The van der Waals surface area contributed by atoms with Crippen LogP contribution in [0.25, 0.3) is 11.3 Å². The van der Waals surface area contributed by atoms with Gasteiger partial charge in [0, 0.05) is 55.4 Å². The van der Waals surface area contributed by atoms with Crippen molar-refractivity contribution in [2.75, 3.05) is 54.5 Å². The number of benzene rings is 1. The summed E-state index contributed by atoms with van der Waals surface area (Å²) in [5.41, 5.74) is 6.10. The number of pyridine rings is 2. The second-order valence-corrected chi connectivity index (χ2v) is 9.92. The molecule has 36 heavy (non-hydrogen) atoms. The Hall–Kier alpha value is -3.45. The normalized spacial score (nSPS) is 19.7. The third-order valence-electron chi connectivity index (χ3n) is 7.56. The van der Waals surface area contributed by atoms with E-state index in [1.54, 1.807) is 6.20 Å². The standard InChI is InChI=1S/C29H33N5O2/c35-29(31-23-11-12-30-27(20-23)34-13-1-2-14-34)25-8-4-5-21-9-10-26(32-28(21)25)22-6-3-7-24(19-22)33-15-17-36-18-16-33/h3,6-7,9-12,19-20,25H,1-2,4-5,8,13-18H2,(H,30,31,35). The van der Waals surface area contributed by atoms with E-state index in [0.717, 1.165) is 87.1 Å². The Morgan fingerprint density at radius 2 is 1.81 bits per heavy atom. The molecule has 1 aliphatic carbocycles. The number of aromatic nitrogens is 2.